The first-order valence-corrected chi connectivity index (χ1v) is 9.72. The zero-order valence-corrected chi connectivity index (χ0v) is 16.1. The smallest absolute Gasteiger partial charge is 0.289 e. The minimum Gasteiger partial charge on any atom is -0.459 e. The first-order chi connectivity index (χ1) is 14.1. The average molecular weight is 397 g/mol. The van der Waals surface area contributed by atoms with Crippen LogP contribution in [0.15, 0.2) is 47.1 Å². The number of hydrogen-bond acceptors (Lipinski definition) is 5. The lowest BCUT2D eigenvalue weighted by Gasteiger charge is -2.34. The number of nitrogens with zero attached hydrogens (tertiary/aromatic N) is 3. The Hall–Kier alpha value is -3.13. The van der Waals surface area contributed by atoms with E-state index in [2.05, 4.69) is 0 Å². The highest BCUT2D eigenvalue weighted by atomic mass is 16.5. The predicted molar refractivity (Wildman–Crippen MR) is 104 cm³/mol. The van der Waals surface area contributed by atoms with Gasteiger partial charge in [-0.1, -0.05) is 0 Å². The van der Waals surface area contributed by atoms with Crippen LogP contribution in [0.25, 0.3) is 0 Å². The molecule has 8 nitrogen and oxygen atoms in total. The van der Waals surface area contributed by atoms with E-state index < -0.39 is 0 Å². The quantitative estimate of drug-likeness (QED) is 0.781. The molecular weight excluding hydrogens is 374 g/mol. The second-order valence-corrected chi connectivity index (χ2v) is 7.04. The summed E-state index contributed by atoms with van der Waals surface area (Å²) < 4.78 is 10.4. The van der Waals surface area contributed by atoms with Crippen molar-refractivity contribution in [1.82, 2.24) is 14.7 Å². The average Bonchev–Trinajstić information content (AvgIpc) is 3.33. The Labute approximate surface area is 168 Å². The van der Waals surface area contributed by atoms with Crippen LogP contribution in [0, 0.1) is 0 Å². The number of furan rings is 1. The van der Waals surface area contributed by atoms with Gasteiger partial charge in [0, 0.05) is 50.4 Å². The van der Waals surface area contributed by atoms with Gasteiger partial charge in [0.1, 0.15) is 0 Å². The zero-order chi connectivity index (χ0) is 20.2. The lowest BCUT2D eigenvalue weighted by molar-refractivity contribution is 0.0303. The van der Waals surface area contributed by atoms with Crippen LogP contribution in [0.3, 0.4) is 0 Å². The maximum Gasteiger partial charge on any atom is 0.289 e. The molecule has 2 aliphatic rings. The number of carbonyl (C=O) groups is 3. The van der Waals surface area contributed by atoms with Crippen LogP contribution in [-0.4, -0.2) is 84.9 Å². The van der Waals surface area contributed by atoms with Crippen molar-refractivity contribution in [3.63, 3.8) is 0 Å². The van der Waals surface area contributed by atoms with Crippen molar-refractivity contribution in [2.75, 3.05) is 52.5 Å². The molecule has 2 aromatic rings. The fourth-order valence-corrected chi connectivity index (χ4v) is 3.56. The summed E-state index contributed by atoms with van der Waals surface area (Å²) >= 11 is 0. The van der Waals surface area contributed by atoms with Crippen molar-refractivity contribution >= 4 is 17.7 Å². The van der Waals surface area contributed by atoms with Gasteiger partial charge in [0.15, 0.2) is 5.76 Å². The summed E-state index contributed by atoms with van der Waals surface area (Å²) in [5.41, 5.74) is 1.10. The highest BCUT2D eigenvalue weighted by Gasteiger charge is 2.27. The maximum atomic E-state index is 12.8. The monoisotopic (exact) mass is 397 g/mol. The van der Waals surface area contributed by atoms with Gasteiger partial charge < -0.3 is 23.9 Å². The third kappa shape index (κ3) is 4.17. The summed E-state index contributed by atoms with van der Waals surface area (Å²) in [4.78, 5) is 42.8. The van der Waals surface area contributed by atoms with E-state index in [1.54, 1.807) is 51.1 Å². The van der Waals surface area contributed by atoms with E-state index in [9.17, 15) is 14.4 Å². The molecule has 8 heteroatoms. The van der Waals surface area contributed by atoms with Gasteiger partial charge in [-0.05, 0) is 36.4 Å². The third-order valence-electron chi connectivity index (χ3n) is 5.26. The second-order valence-electron chi connectivity index (χ2n) is 7.04. The highest BCUT2D eigenvalue weighted by Crippen LogP contribution is 2.14. The van der Waals surface area contributed by atoms with Crippen molar-refractivity contribution in [1.29, 1.82) is 0 Å². The Bertz CT molecular complexity index is 864. The van der Waals surface area contributed by atoms with Crippen LogP contribution < -0.4 is 0 Å². The van der Waals surface area contributed by atoms with E-state index in [1.165, 1.54) is 6.26 Å². The van der Waals surface area contributed by atoms with Gasteiger partial charge in [0.25, 0.3) is 17.7 Å². The van der Waals surface area contributed by atoms with Crippen LogP contribution in [0.1, 0.15) is 31.3 Å². The number of piperazine rings is 1. The Morgan fingerprint density at radius 3 is 1.62 bits per heavy atom. The van der Waals surface area contributed by atoms with E-state index in [4.69, 9.17) is 9.15 Å². The largest absolute Gasteiger partial charge is 0.459 e. The van der Waals surface area contributed by atoms with E-state index in [0.717, 1.165) is 0 Å². The van der Waals surface area contributed by atoms with Gasteiger partial charge in [-0.3, -0.25) is 14.4 Å². The third-order valence-corrected chi connectivity index (χ3v) is 5.26. The van der Waals surface area contributed by atoms with Gasteiger partial charge in [0.05, 0.1) is 19.5 Å². The molecule has 2 aliphatic heterocycles. The number of hydrogen-bond donors (Lipinski definition) is 0. The SMILES string of the molecule is O=C(c1ccc(C(=O)N2CCN(C(=O)c3ccco3)CC2)cc1)N1CCOCC1. The molecule has 29 heavy (non-hydrogen) atoms. The van der Waals surface area contributed by atoms with Crippen molar-refractivity contribution in [3.05, 3.63) is 59.5 Å². The molecule has 1 aromatic heterocycles. The molecule has 0 aliphatic carbocycles. The van der Waals surface area contributed by atoms with Crippen molar-refractivity contribution in [2.24, 2.45) is 0 Å². The molecule has 2 fully saturated rings. The van der Waals surface area contributed by atoms with Gasteiger partial charge in [0.2, 0.25) is 0 Å². The first kappa shape index (κ1) is 19.2. The van der Waals surface area contributed by atoms with Crippen LogP contribution in [0.4, 0.5) is 0 Å². The van der Waals surface area contributed by atoms with Gasteiger partial charge in [-0.15, -0.1) is 0 Å². The molecular formula is C21H23N3O5. The molecule has 0 radical (unpaired) electrons. The van der Waals surface area contributed by atoms with Crippen LogP contribution in [0.5, 0.6) is 0 Å². The molecule has 0 bridgehead atoms. The zero-order valence-electron chi connectivity index (χ0n) is 16.1. The molecule has 2 saturated heterocycles. The fraction of sp³-hybridized carbons (Fsp3) is 0.381. The summed E-state index contributed by atoms with van der Waals surface area (Å²) in [5, 5.41) is 0. The molecule has 1 aromatic carbocycles. The summed E-state index contributed by atoms with van der Waals surface area (Å²) in [6.45, 7) is 4.10. The Balaban J connectivity index is 1.34. The second kappa shape index (κ2) is 8.48. The maximum absolute atomic E-state index is 12.8. The lowest BCUT2D eigenvalue weighted by atomic mass is 10.1. The number of rotatable bonds is 3. The molecule has 0 N–H and O–H groups in total. The predicted octanol–water partition coefficient (Wildman–Crippen LogP) is 1.35. The van der Waals surface area contributed by atoms with E-state index >= 15 is 0 Å². The molecule has 0 atom stereocenters. The molecule has 152 valence electrons. The summed E-state index contributed by atoms with van der Waals surface area (Å²) in [6, 6.07) is 10.1. The summed E-state index contributed by atoms with van der Waals surface area (Å²) in [6.07, 6.45) is 1.47. The Morgan fingerprint density at radius 1 is 0.655 bits per heavy atom. The highest BCUT2D eigenvalue weighted by molar-refractivity contribution is 5.98. The minimum atomic E-state index is -0.159. The number of amides is 3. The normalized spacial score (nSPS) is 17.3. The molecule has 0 saturated carbocycles. The summed E-state index contributed by atoms with van der Waals surface area (Å²) in [7, 11) is 0. The molecule has 0 spiro atoms. The van der Waals surface area contributed by atoms with E-state index in [0.29, 0.717) is 69.4 Å². The number of ether oxygens (including phenoxy) is 1. The lowest BCUT2D eigenvalue weighted by Crippen LogP contribution is -2.50. The van der Waals surface area contributed by atoms with Crippen molar-refractivity contribution in [2.45, 2.75) is 0 Å². The number of benzene rings is 1. The van der Waals surface area contributed by atoms with Crippen molar-refractivity contribution < 1.29 is 23.5 Å². The van der Waals surface area contributed by atoms with E-state index in [1.807, 2.05) is 0 Å². The molecule has 0 unspecified atom stereocenters. The van der Waals surface area contributed by atoms with Gasteiger partial charge in [-0.25, -0.2) is 0 Å². The van der Waals surface area contributed by atoms with Gasteiger partial charge in [-0.2, -0.15) is 0 Å². The standard InChI is InChI=1S/C21H23N3O5/c25-19(22-7-9-23(10-8-22)21(27)18-2-1-13-29-18)16-3-5-17(6-4-16)20(26)24-11-14-28-15-12-24/h1-6,13H,7-12,14-15H2. The Kier molecular flexibility index (Phi) is 5.62. The molecule has 3 heterocycles. The fourth-order valence-electron chi connectivity index (χ4n) is 3.56. The van der Waals surface area contributed by atoms with Crippen LogP contribution in [0.2, 0.25) is 0 Å². The van der Waals surface area contributed by atoms with Crippen LogP contribution >= 0.6 is 0 Å². The van der Waals surface area contributed by atoms with Gasteiger partial charge >= 0.3 is 0 Å². The van der Waals surface area contributed by atoms with E-state index in [-0.39, 0.29) is 17.7 Å². The topological polar surface area (TPSA) is 83.3 Å². The molecule has 4 rings (SSSR count). The number of carbonyl (C=O) groups excluding carboxylic acids is 3. The van der Waals surface area contributed by atoms with Crippen molar-refractivity contribution in [3.8, 4) is 0 Å². The first-order valence-electron chi connectivity index (χ1n) is 9.72. The Morgan fingerprint density at radius 2 is 1.14 bits per heavy atom. The van der Waals surface area contributed by atoms with Crippen LogP contribution in [-0.2, 0) is 4.74 Å². The summed E-state index contributed by atoms with van der Waals surface area (Å²) in [5.74, 6) is 0.0104. The molecule has 3 amide bonds. The number of morpholine rings is 1. The minimum absolute atomic E-state index is 0.0441.